The number of aromatic nitrogens is 1. The van der Waals surface area contributed by atoms with Crippen LogP contribution < -0.4 is 4.90 Å². The average Bonchev–Trinajstić information content (AvgIpc) is 2.38. The normalized spacial score (nSPS) is 16.6. The van der Waals surface area contributed by atoms with Crippen LogP contribution in [0.4, 0.5) is 5.82 Å². The van der Waals surface area contributed by atoms with Gasteiger partial charge in [-0.25, -0.2) is 4.98 Å². The number of ether oxygens (including phenoxy) is 1. The highest BCUT2D eigenvalue weighted by Gasteiger charge is 2.11. The summed E-state index contributed by atoms with van der Waals surface area (Å²) in [6.07, 6.45) is 7.54. The predicted molar refractivity (Wildman–Crippen MR) is 66.5 cm³/mol. The van der Waals surface area contributed by atoms with E-state index in [1.54, 1.807) is 6.08 Å². The first-order valence-corrected chi connectivity index (χ1v) is 5.48. The summed E-state index contributed by atoms with van der Waals surface area (Å²) >= 11 is 0. The summed E-state index contributed by atoms with van der Waals surface area (Å²) in [6.45, 7) is 7.07. The van der Waals surface area contributed by atoms with Crippen LogP contribution in [-0.4, -0.2) is 31.3 Å². The Morgan fingerprint density at radius 1 is 1.31 bits per heavy atom. The first-order valence-electron chi connectivity index (χ1n) is 5.48. The molecule has 0 bridgehead atoms. The molecule has 2 heterocycles. The van der Waals surface area contributed by atoms with Crippen molar-refractivity contribution in [2.45, 2.75) is 0 Å². The Labute approximate surface area is 96.1 Å². The Balaban J connectivity index is 2.05. The largest absolute Gasteiger partial charge is 0.378 e. The van der Waals surface area contributed by atoms with Crippen molar-refractivity contribution in [1.82, 2.24) is 4.98 Å². The molecule has 0 unspecified atom stereocenters. The number of allylic oxidation sites excluding steroid dienone is 2. The average molecular weight is 216 g/mol. The molecule has 0 aromatic carbocycles. The predicted octanol–water partition coefficient (Wildman–Crippen LogP) is 2.12. The molecule has 1 aliphatic heterocycles. The van der Waals surface area contributed by atoms with Crippen LogP contribution in [0.2, 0.25) is 0 Å². The molecule has 3 heteroatoms. The lowest BCUT2D eigenvalue weighted by molar-refractivity contribution is 0.122. The fraction of sp³-hybridized carbons (Fsp3) is 0.308. The van der Waals surface area contributed by atoms with Crippen LogP contribution in [0.3, 0.4) is 0 Å². The van der Waals surface area contributed by atoms with Gasteiger partial charge in [0.2, 0.25) is 0 Å². The van der Waals surface area contributed by atoms with E-state index in [0.717, 1.165) is 37.7 Å². The van der Waals surface area contributed by atoms with Crippen molar-refractivity contribution in [2.24, 2.45) is 0 Å². The summed E-state index contributed by atoms with van der Waals surface area (Å²) in [7, 11) is 0. The van der Waals surface area contributed by atoms with Crippen LogP contribution in [0.1, 0.15) is 5.56 Å². The molecule has 1 fully saturated rings. The number of nitrogens with zero attached hydrogens (tertiary/aromatic N) is 2. The van der Waals surface area contributed by atoms with Gasteiger partial charge in [0, 0.05) is 19.3 Å². The monoisotopic (exact) mass is 216 g/mol. The zero-order chi connectivity index (χ0) is 11.2. The van der Waals surface area contributed by atoms with E-state index >= 15 is 0 Å². The summed E-state index contributed by atoms with van der Waals surface area (Å²) < 4.78 is 5.31. The Kier molecular flexibility index (Phi) is 3.72. The van der Waals surface area contributed by atoms with E-state index in [2.05, 4.69) is 22.5 Å². The third-order valence-electron chi connectivity index (χ3n) is 2.53. The summed E-state index contributed by atoms with van der Waals surface area (Å²) in [5.74, 6) is 1.03. The van der Waals surface area contributed by atoms with Crippen LogP contribution >= 0.6 is 0 Å². The minimum absolute atomic E-state index is 0.791. The lowest BCUT2D eigenvalue weighted by Gasteiger charge is -2.27. The Morgan fingerprint density at radius 3 is 2.75 bits per heavy atom. The molecule has 0 radical (unpaired) electrons. The van der Waals surface area contributed by atoms with E-state index in [0.29, 0.717) is 0 Å². The van der Waals surface area contributed by atoms with E-state index in [1.165, 1.54) is 0 Å². The van der Waals surface area contributed by atoms with E-state index in [4.69, 9.17) is 4.74 Å². The zero-order valence-electron chi connectivity index (χ0n) is 9.30. The summed E-state index contributed by atoms with van der Waals surface area (Å²) in [4.78, 5) is 6.68. The third-order valence-corrected chi connectivity index (χ3v) is 2.53. The highest BCUT2D eigenvalue weighted by molar-refractivity contribution is 5.52. The van der Waals surface area contributed by atoms with Crippen molar-refractivity contribution in [3.05, 3.63) is 42.6 Å². The number of hydrogen-bond donors (Lipinski definition) is 0. The summed E-state index contributed by atoms with van der Waals surface area (Å²) in [6, 6.07) is 4.12. The maximum atomic E-state index is 5.31. The van der Waals surface area contributed by atoms with Gasteiger partial charge in [0.15, 0.2) is 0 Å². The standard InChI is InChI=1S/C13H16N2O/c1-2-3-4-12-5-6-13(14-11-12)15-7-9-16-10-8-15/h2-6,11H,1,7-10H2/b4-3+. The molecule has 1 aromatic rings. The highest BCUT2D eigenvalue weighted by atomic mass is 16.5. The fourth-order valence-electron chi connectivity index (χ4n) is 1.65. The molecule has 16 heavy (non-hydrogen) atoms. The molecule has 0 spiro atoms. The molecule has 0 N–H and O–H groups in total. The molecule has 0 saturated carbocycles. The van der Waals surface area contributed by atoms with Crippen molar-refractivity contribution in [1.29, 1.82) is 0 Å². The number of morpholine rings is 1. The van der Waals surface area contributed by atoms with Gasteiger partial charge in [0.1, 0.15) is 5.82 Å². The number of anilines is 1. The van der Waals surface area contributed by atoms with Crippen LogP contribution in [-0.2, 0) is 4.74 Å². The van der Waals surface area contributed by atoms with Gasteiger partial charge in [-0.15, -0.1) is 0 Å². The molecule has 2 rings (SSSR count). The van der Waals surface area contributed by atoms with Crippen molar-refractivity contribution in [3.63, 3.8) is 0 Å². The third kappa shape index (κ3) is 2.70. The lowest BCUT2D eigenvalue weighted by Crippen LogP contribution is -2.36. The Morgan fingerprint density at radius 2 is 2.12 bits per heavy atom. The zero-order valence-corrected chi connectivity index (χ0v) is 9.30. The van der Waals surface area contributed by atoms with Gasteiger partial charge >= 0.3 is 0 Å². The SMILES string of the molecule is C=C/C=C/c1ccc(N2CCOCC2)nc1. The molecule has 1 aromatic heterocycles. The lowest BCUT2D eigenvalue weighted by atomic mass is 10.2. The van der Waals surface area contributed by atoms with E-state index in [1.807, 2.05) is 24.4 Å². The van der Waals surface area contributed by atoms with Gasteiger partial charge < -0.3 is 9.64 Å². The molecule has 84 valence electrons. The van der Waals surface area contributed by atoms with Crippen molar-refractivity contribution in [3.8, 4) is 0 Å². The molecule has 1 aliphatic rings. The number of pyridine rings is 1. The minimum Gasteiger partial charge on any atom is -0.378 e. The van der Waals surface area contributed by atoms with Gasteiger partial charge in [-0.05, 0) is 17.7 Å². The quantitative estimate of drug-likeness (QED) is 0.724. The smallest absolute Gasteiger partial charge is 0.128 e. The molecular formula is C13H16N2O. The molecule has 0 aliphatic carbocycles. The first-order chi connectivity index (χ1) is 7.90. The second kappa shape index (κ2) is 5.47. The Bertz CT molecular complexity index is 364. The summed E-state index contributed by atoms with van der Waals surface area (Å²) in [5, 5.41) is 0. The van der Waals surface area contributed by atoms with E-state index in [-0.39, 0.29) is 0 Å². The van der Waals surface area contributed by atoms with Crippen molar-refractivity contribution in [2.75, 3.05) is 31.2 Å². The van der Waals surface area contributed by atoms with Gasteiger partial charge in [0.25, 0.3) is 0 Å². The molecule has 0 amide bonds. The second-order valence-corrected chi connectivity index (χ2v) is 3.64. The topological polar surface area (TPSA) is 25.4 Å². The van der Waals surface area contributed by atoms with Gasteiger partial charge in [-0.3, -0.25) is 0 Å². The highest BCUT2D eigenvalue weighted by Crippen LogP contribution is 2.13. The van der Waals surface area contributed by atoms with Crippen molar-refractivity contribution >= 4 is 11.9 Å². The van der Waals surface area contributed by atoms with Crippen molar-refractivity contribution < 1.29 is 4.74 Å². The second-order valence-electron chi connectivity index (χ2n) is 3.64. The molecular weight excluding hydrogens is 200 g/mol. The molecule has 3 nitrogen and oxygen atoms in total. The van der Waals surface area contributed by atoms with Gasteiger partial charge in [-0.2, -0.15) is 0 Å². The van der Waals surface area contributed by atoms with Crippen LogP contribution in [0.25, 0.3) is 6.08 Å². The maximum Gasteiger partial charge on any atom is 0.128 e. The van der Waals surface area contributed by atoms with E-state index < -0.39 is 0 Å². The minimum atomic E-state index is 0.791. The Hall–Kier alpha value is -1.61. The number of rotatable bonds is 3. The van der Waals surface area contributed by atoms with Gasteiger partial charge in [-0.1, -0.05) is 24.8 Å². The molecule has 1 saturated heterocycles. The van der Waals surface area contributed by atoms with Gasteiger partial charge in [0.05, 0.1) is 13.2 Å². The van der Waals surface area contributed by atoms with E-state index in [9.17, 15) is 0 Å². The maximum absolute atomic E-state index is 5.31. The molecule has 0 atom stereocenters. The van der Waals surface area contributed by atoms with Crippen LogP contribution in [0.15, 0.2) is 37.1 Å². The fourth-order valence-corrected chi connectivity index (χ4v) is 1.65. The number of hydrogen-bond acceptors (Lipinski definition) is 3. The van der Waals surface area contributed by atoms with Crippen LogP contribution in [0, 0.1) is 0 Å². The summed E-state index contributed by atoms with van der Waals surface area (Å²) in [5.41, 5.74) is 1.09. The van der Waals surface area contributed by atoms with Crippen LogP contribution in [0.5, 0.6) is 0 Å². The first kappa shape index (κ1) is 10.9.